The average Bonchev–Trinajstić information content (AvgIpc) is 2.52. The van der Waals surface area contributed by atoms with Crippen LogP contribution in [0.4, 0.5) is 0 Å². The first kappa shape index (κ1) is 18.7. The number of carboxylic acids is 1. The van der Waals surface area contributed by atoms with Crippen molar-refractivity contribution in [3.63, 3.8) is 0 Å². The molecule has 1 heterocycles. The van der Waals surface area contributed by atoms with E-state index in [1.165, 1.54) is 16.8 Å². The molecule has 0 spiro atoms. The minimum atomic E-state index is -0.979. The molecule has 7 nitrogen and oxygen atoms in total. The Morgan fingerprint density at radius 2 is 1.91 bits per heavy atom. The topological polar surface area (TPSA) is 88.8 Å². The number of amides is 1. The fourth-order valence-corrected chi connectivity index (χ4v) is 2.15. The van der Waals surface area contributed by atoms with E-state index in [2.05, 4.69) is 0 Å². The van der Waals surface area contributed by atoms with E-state index in [4.69, 9.17) is 9.84 Å². The molecule has 0 unspecified atom stereocenters. The molecule has 0 saturated heterocycles. The van der Waals surface area contributed by atoms with Gasteiger partial charge in [-0.05, 0) is 25.0 Å². The number of hydrogen-bond donors (Lipinski definition) is 1. The zero-order valence-electron chi connectivity index (χ0n) is 13.7. The number of aromatic nitrogens is 1. The zero-order valence-corrected chi connectivity index (χ0v) is 13.7. The molecule has 0 aliphatic heterocycles. The largest absolute Gasteiger partial charge is 0.481 e. The number of carbonyl (C=O) groups is 2. The molecule has 0 bridgehead atoms. The third-order valence-electron chi connectivity index (χ3n) is 3.24. The highest BCUT2D eigenvalue weighted by atomic mass is 16.5. The van der Waals surface area contributed by atoms with E-state index in [0.29, 0.717) is 13.1 Å². The zero-order chi connectivity index (χ0) is 17.2. The van der Waals surface area contributed by atoms with Gasteiger partial charge < -0.3 is 19.3 Å². The molecule has 0 atom stereocenters. The first-order valence-electron chi connectivity index (χ1n) is 7.81. The number of aliphatic carboxylic acids is 1. The predicted molar refractivity (Wildman–Crippen MR) is 85.6 cm³/mol. The fraction of sp³-hybridized carbons (Fsp3) is 0.562. The summed E-state index contributed by atoms with van der Waals surface area (Å²) in [4.78, 5) is 36.6. The number of carboxylic acid groups (broad SMARTS) is 1. The van der Waals surface area contributed by atoms with Crippen LogP contribution in [-0.2, 0) is 16.1 Å². The molecule has 1 aromatic rings. The van der Waals surface area contributed by atoms with Crippen LogP contribution in [0.5, 0.6) is 5.75 Å². The van der Waals surface area contributed by atoms with Gasteiger partial charge in [-0.15, -0.1) is 0 Å². The summed E-state index contributed by atoms with van der Waals surface area (Å²) in [6, 6.07) is 3.08. The summed E-state index contributed by atoms with van der Waals surface area (Å²) in [5.41, 5.74) is -0.431. The molecule has 0 radical (unpaired) electrons. The molecule has 0 saturated carbocycles. The third-order valence-corrected chi connectivity index (χ3v) is 3.24. The van der Waals surface area contributed by atoms with Crippen LogP contribution in [0.1, 0.15) is 33.1 Å². The summed E-state index contributed by atoms with van der Waals surface area (Å²) >= 11 is 0. The van der Waals surface area contributed by atoms with Crippen molar-refractivity contribution in [2.75, 3.05) is 19.7 Å². The Kier molecular flexibility index (Phi) is 7.87. The fourth-order valence-electron chi connectivity index (χ4n) is 2.15. The van der Waals surface area contributed by atoms with Gasteiger partial charge in [0.25, 0.3) is 11.5 Å². The highest BCUT2D eigenvalue weighted by Crippen LogP contribution is 2.04. The molecule has 1 amide bonds. The maximum atomic E-state index is 12.1. The first-order valence-corrected chi connectivity index (χ1v) is 7.81. The van der Waals surface area contributed by atoms with E-state index < -0.39 is 11.5 Å². The van der Waals surface area contributed by atoms with Crippen molar-refractivity contribution >= 4 is 11.9 Å². The highest BCUT2D eigenvalue weighted by molar-refractivity contribution is 5.77. The lowest BCUT2D eigenvalue weighted by molar-refractivity contribution is -0.137. The molecule has 7 heteroatoms. The van der Waals surface area contributed by atoms with Crippen LogP contribution in [0.2, 0.25) is 0 Å². The van der Waals surface area contributed by atoms with E-state index in [1.807, 2.05) is 13.8 Å². The van der Waals surface area contributed by atoms with Gasteiger partial charge in [0.15, 0.2) is 12.4 Å². The van der Waals surface area contributed by atoms with Gasteiger partial charge >= 0.3 is 5.97 Å². The molecule has 1 aromatic heterocycles. The normalized spacial score (nSPS) is 10.3. The highest BCUT2D eigenvalue weighted by Gasteiger charge is 2.14. The summed E-state index contributed by atoms with van der Waals surface area (Å²) in [6.45, 7) is 5.18. The smallest absolute Gasteiger partial charge is 0.305 e. The lowest BCUT2D eigenvalue weighted by Gasteiger charge is -2.21. The molecular weight excluding hydrogens is 300 g/mol. The van der Waals surface area contributed by atoms with Crippen LogP contribution in [0.15, 0.2) is 23.1 Å². The lowest BCUT2D eigenvalue weighted by atomic mass is 10.3. The maximum absolute atomic E-state index is 12.1. The van der Waals surface area contributed by atoms with Crippen molar-refractivity contribution in [3.05, 3.63) is 28.7 Å². The van der Waals surface area contributed by atoms with Crippen molar-refractivity contribution in [1.82, 2.24) is 9.47 Å². The summed E-state index contributed by atoms with van der Waals surface area (Å²) in [7, 11) is 0. The Balaban J connectivity index is 2.70. The van der Waals surface area contributed by atoms with E-state index in [9.17, 15) is 14.4 Å². The predicted octanol–water partition coefficient (Wildman–Crippen LogP) is 1.35. The Morgan fingerprint density at radius 1 is 1.26 bits per heavy atom. The molecule has 23 heavy (non-hydrogen) atoms. The molecule has 0 aliphatic rings. The van der Waals surface area contributed by atoms with E-state index >= 15 is 0 Å². The molecule has 0 fully saturated rings. The van der Waals surface area contributed by atoms with Crippen molar-refractivity contribution in [1.29, 1.82) is 0 Å². The van der Waals surface area contributed by atoms with Gasteiger partial charge in [-0.1, -0.05) is 13.8 Å². The maximum Gasteiger partial charge on any atom is 0.305 e. The van der Waals surface area contributed by atoms with E-state index in [1.54, 1.807) is 11.0 Å². The van der Waals surface area contributed by atoms with E-state index in [0.717, 1.165) is 12.8 Å². The molecule has 128 valence electrons. The van der Waals surface area contributed by atoms with Crippen molar-refractivity contribution in [2.45, 2.75) is 39.7 Å². The van der Waals surface area contributed by atoms with Gasteiger partial charge in [-0.3, -0.25) is 14.4 Å². The SMILES string of the molecule is CCCN(CCC)C(=O)COc1cccn(CCC(=O)O)c1=O. The van der Waals surface area contributed by atoms with Crippen LogP contribution in [0.25, 0.3) is 0 Å². The van der Waals surface area contributed by atoms with Crippen LogP contribution >= 0.6 is 0 Å². The van der Waals surface area contributed by atoms with Gasteiger partial charge in [0.1, 0.15) is 0 Å². The van der Waals surface area contributed by atoms with Gasteiger partial charge in [0.05, 0.1) is 6.42 Å². The standard InChI is InChI=1S/C16H24N2O5/c1-3-8-17(9-4-2)14(19)12-23-13-6-5-10-18(16(13)22)11-7-15(20)21/h5-6,10H,3-4,7-9,11-12H2,1-2H3,(H,20,21). The lowest BCUT2D eigenvalue weighted by Crippen LogP contribution is -2.36. The Bertz CT molecular complexity index is 576. The van der Waals surface area contributed by atoms with Gasteiger partial charge in [-0.25, -0.2) is 0 Å². The van der Waals surface area contributed by atoms with Crippen molar-refractivity contribution in [3.8, 4) is 5.75 Å². The number of nitrogens with zero attached hydrogens (tertiary/aromatic N) is 2. The Morgan fingerprint density at radius 3 is 2.48 bits per heavy atom. The van der Waals surface area contributed by atoms with Gasteiger partial charge in [-0.2, -0.15) is 0 Å². The summed E-state index contributed by atoms with van der Waals surface area (Å²) in [5.74, 6) is -1.08. The number of hydrogen-bond acceptors (Lipinski definition) is 4. The van der Waals surface area contributed by atoms with Crippen molar-refractivity contribution in [2.24, 2.45) is 0 Å². The number of ether oxygens (including phenoxy) is 1. The van der Waals surface area contributed by atoms with Crippen LogP contribution < -0.4 is 10.3 Å². The number of pyridine rings is 1. The summed E-state index contributed by atoms with van der Waals surface area (Å²) < 4.78 is 6.62. The third kappa shape index (κ3) is 6.14. The Hall–Kier alpha value is -2.31. The summed E-state index contributed by atoms with van der Waals surface area (Å²) in [6.07, 6.45) is 3.07. The van der Waals surface area contributed by atoms with Crippen LogP contribution in [-0.4, -0.2) is 46.1 Å². The average molecular weight is 324 g/mol. The Labute approximate surface area is 135 Å². The number of carbonyl (C=O) groups excluding carboxylic acids is 1. The second-order valence-corrected chi connectivity index (χ2v) is 5.18. The minimum absolute atomic E-state index is 0.0548. The van der Waals surface area contributed by atoms with E-state index in [-0.39, 0.29) is 31.2 Å². The monoisotopic (exact) mass is 324 g/mol. The molecule has 0 aromatic carbocycles. The quantitative estimate of drug-likeness (QED) is 0.702. The molecular formula is C16H24N2O5. The second-order valence-electron chi connectivity index (χ2n) is 5.18. The second kappa shape index (κ2) is 9.66. The molecule has 0 aliphatic carbocycles. The van der Waals surface area contributed by atoms with Crippen molar-refractivity contribution < 1.29 is 19.4 Å². The number of aryl methyl sites for hydroxylation is 1. The van der Waals surface area contributed by atoms with Crippen LogP contribution in [0.3, 0.4) is 0 Å². The summed E-state index contributed by atoms with van der Waals surface area (Å²) in [5, 5.41) is 8.68. The molecule has 1 N–H and O–H groups in total. The van der Waals surface area contributed by atoms with Gasteiger partial charge in [0, 0.05) is 25.8 Å². The van der Waals surface area contributed by atoms with Crippen LogP contribution in [0, 0.1) is 0 Å². The first-order chi connectivity index (χ1) is 11.0. The minimum Gasteiger partial charge on any atom is -0.481 e. The number of rotatable bonds is 10. The molecule has 1 rings (SSSR count). The van der Waals surface area contributed by atoms with Gasteiger partial charge in [0.2, 0.25) is 0 Å².